The number of nitrogens with one attached hydrogen (secondary N) is 1. The van der Waals surface area contributed by atoms with Gasteiger partial charge in [-0.3, -0.25) is 9.69 Å². The fourth-order valence-electron chi connectivity index (χ4n) is 10.5. The van der Waals surface area contributed by atoms with E-state index in [4.69, 9.17) is 0 Å². The van der Waals surface area contributed by atoms with Crippen LogP contribution in [0.2, 0.25) is 0 Å². The Morgan fingerprint density at radius 3 is 2.67 bits per heavy atom. The average Bonchev–Trinajstić information content (AvgIpc) is 3.55. The molecule has 1 amide bonds. The fraction of sp³-hybridized carbons (Fsp3) is 0.759. The van der Waals surface area contributed by atoms with E-state index >= 15 is 0 Å². The molecule has 1 aromatic carbocycles. The summed E-state index contributed by atoms with van der Waals surface area (Å²) in [5.41, 5.74) is 3.46. The Labute approximate surface area is 227 Å². The fourth-order valence-corrected chi connectivity index (χ4v) is 10.5. The number of amides is 1. The van der Waals surface area contributed by atoms with Crippen LogP contribution >= 0.6 is 24.8 Å². The standard InChI is InChI=1S/C29H39N3O2.2ClH/c33-22-4-3-20-13-25-28-8-5-24-26(21(15-28)17-32(24)27(34)19-6-10-30-11-7-19)29(28,23(20)14-22)9-12-31(25)16-18-1-2-18;;/h3-4,14,18-19,21,24-26,30,33H,1-2,5-13,15-17H2;2*1H/t21-,24?,25?,26?,28?,29?;;/m1../s1. The first-order valence-corrected chi connectivity index (χ1v) is 14.2. The summed E-state index contributed by atoms with van der Waals surface area (Å²) in [6.07, 6.45) is 11.0. The molecule has 6 fully saturated rings. The Kier molecular flexibility index (Phi) is 6.15. The third-order valence-electron chi connectivity index (χ3n) is 11.7. The van der Waals surface area contributed by atoms with Crippen molar-refractivity contribution in [2.24, 2.45) is 29.1 Å². The lowest BCUT2D eigenvalue weighted by molar-refractivity contribution is -0.144. The molecule has 1 aromatic rings. The molecule has 4 aliphatic carbocycles. The van der Waals surface area contributed by atoms with Crippen LogP contribution in [-0.2, 0) is 16.6 Å². The number of carbonyl (C=O) groups excluding carboxylic acids is 1. The first-order chi connectivity index (χ1) is 16.6. The Morgan fingerprint density at radius 1 is 1.08 bits per heavy atom. The second-order valence-electron chi connectivity index (χ2n) is 13.0. The number of halogens is 2. The van der Waals surface area contributed by atoms with Crippen LogP contribution in [0.1, 0.15) is 62.5 Å². The SMILES string of the molecule is Cl.Cl.O=C(C1CCNCC1)N1C[C@H]2CC34CCC1C2C31CCN(CC2CC2)C4Cc2ccc(O)cc21. The maximum Gasteiger partial charge on any atom is 0.226 e. The molecule has 0 radical (unpaired) electrons. The van der Waals surface area contributed by atoms with E-state index in [9.17, 15) is 9.90 Å². The number of phenolic OH excluding ortho intramolecular Hbond substituents is 1. The molecule has 8 rings (SSSR count). The van der Waals surface area contributed by atoms with E-state index in [1.807, 2.05) is 6.07 Å². The van der Waals surface area contributed by atoms with Gasteiger partial charge in [0.05, 0.1) is 0 Å². The number of nitrogens with zero attached hydrogens (tertiary/aromatic N) is 2. The minimum Gasteiger partial charge on any atom is -0.508 e. The highest BCUT2D eigenvalue weighted by atomic mass is 35.5. The normalized spacial score (nSPS) is 40.6. The van der Waals surface area contributed by atoms with Crippen LogP contribution in [-0.4, -0.2) is 65.6 Å². The predicted octanol–water partition coefficient (Wildman–Crippen LogP) is 4.14. The van der Waals surface area contributed by atoms with Crippen molar-refractivity contribution in [3.05, 3.63) is 29.3 Å². The van der Waals surface area contributed by atoms with Gasteiger partial charge in [-0.2, -0.15) is 0 Å². The van der Waals surface area contributed by atoms with Gasteiger partial charge in [0, 0.05) is 36.5 Å². The maximum absolute atomic E-state index is 13.8. The molecule has 198 valence electrons. The van der Waals surface area contributed by atoms with E-state index in [1.165, 1.54) is 62.7 Å². The summed E-state index contributed by atoms with van der Waals surface area (Å²) >= 11 is 0. The Bertz CT molecular complexity index is 1040. The van der Waals surface area contributed by atoms with Gasteiger partial charge in [0.15, 0.2) is 0 Å². The molecule has 4 bridgehead atoms. The lowest BCUT2D eigenvalue weighted by Gasteiger charge is -2.66. The third-order valence-corrected chi connectivity index (χ3v) is 11.7. The number of fused-ring (bicyclic) bond motifs is 1. The predicted molar refractivity (Wildman–Crippen MR) is 145 cm³/mol. The molecule has 3 heterocycles. The maximum atomic E-state index is 13.8. The molecule has 3 saturated heterocycles. The Morgan fingerprint density at radius 2 is 1.89 bits per heavy atom. The van der Waals surface area contributed by atoms with Crippen LogP contribution in [0.15, 0.2) is 18.2 Å². The van der Waals surface area contributed by atoms with Gasteiger partial charge >= 0.3 is 0 Å². The molecule has 2 N–H and O–H groups in total. The van der Waals surface area contributed by atoms with Gasteiger partial charge in [0.25, 0.3) is 0 Å². The minimum atomic E-state index is 0. The van der Waals surface area contributed by atoms with Crippen LogP contribution in [0, 0.1) is 29.1 Å². The molecule has 36 heavy (non-hydrogen) atoms. The molecule has 5 unspecified atom stereocenters. The van der Waals surface area contributed by atoms with Gasteiger partial charge in [-0.25, -0.2) is 0 Å². The summed E-state index contributed by atoms with van der Waals surface area (Å²) in [7, 11) is 0. The van der Waals surface area contributed by atoms with Crippen molar-refractivity contribution in [1.29, 1.82) is 0 Å². The zero-order chi connectivity index (χ0) is 22.7. The van der Waals surface area contributed by atoms with E-state index in [1.54, 1.807) is 0 Å². The number of hydrogen-bond acceptors (Lipinski definition) is 4. The number of piperidine rings is 2. The van der Waals surface area contributed by atoms with Gasteiger partial charge in [-0.15, -0.1) is 24.8 Å². The van der Waals surface area contributed by atoms with Crippen molar-refractivity contribution in [2.75, 3.05) is 32.7 Å². The number of aromatic hydroxyl groups is 1. The molecule has 6 atom stereocenters. The molecule has 7 aliphatic rings. The first kappa shape index (κ1) is 25.3. The monoisotopic (exact) mass is 533 g/mol. The summed E-state index contributed by atoms with van der Waals surface area (Å²) in [6, 6.07) is 7.37. The number of benzene rings is 1. The Hall–Kier alpha value is -1.01. The van der Waals surface area contributed by atoms with Gasteiger partial charge in [0.1, 0.15) is 5.75 Å². The van der Waals surface area contributed by atoms with Gasteiger partial charge in [-0.05, 0) is 124 Å². The summed E-state index contributed by atoms with van der Waals surface area (Å²) in [5.74, 6) is 3.26. The van der Waals surface area contributed by atoms with E-state index < -0.39 is 0 Å². The highest BCUT2D eigenvalue weighted by Crippen LogP contribution is 2.75. The topological polar surface area (TPSA) is 55.8 Å². The van der Waals surface area contributed by atoms with Crippen LogP contribution in [0.3, 0.4) is 0 Å². The van der Waals surface area contributed by atoms with Crippen molar-refractivity contribution in [1.82, 2.24) is 15.1 Å². The second-order valence-corrected chi connectivity index (χ2v) is 13.0. The molecular formula is C29H41Cl2N3O2. The van der Waals surface area contributed by atoms with Crippen LogP contribution in [0.4, 0.5) is 0 Å². The molecule has 3 aliphatic heterocycles. The molecular weight excluding hydrogens is 493 g/mol. The summed E-state index contributed by atoms with van der Waals surface area (Å²) in [5, 5.41) is 14.1. The number of hydrogen-bond donors (Lipinski definition) is 2. The minimum absolute atomic E-state index is 0. The smallest absolute Gasteiger partial charge is 0.226 e. The number of likely N-dealkylation sites (tertiary alicyclic amines) is 2. The lowest BCUT2D eigenvalue weighted by Crippen LogP contribution is -2.70. The van der Waals surface area contributed by atoms with Gasteiger partial charge < -0.3 is 15.3 Å². The molecule has 7 heteroatoms. The van der Waals surface area contributed by atoms with Crippen molar-refractivity contribution in [3.63, 3.8) is 0 Å². The molecule has 5 nitrogen and oxygen atoms in total. The van der Waals surface area contributed by atoms with E-state index in [2.05, 4.69) is 27.2 Å². The van der Waals surface area contributed by atoms with Crippen molar-refractivity contribution < 1.29 is 9.90 Å². The number of rotatable bonds is 3. The first-order valence-electron chi connectivity index (χ1n) is 14.2. The van der Waals surface area contributed by atoms with Gasteiger partial charge in [-0.1, -0.05) is 6.07 Å². The largest absolute Gasteiger partial charge is 0.508 e. The van der Waals surface area contributed by atoms with E-state index in [0.717, 1.165) is 44.8 Å². The summed E-state index contributed by atoms with van der Waals surface area (Å²) < 4.78 is 0. The van der Waals surface area contributed by atoms with Crippen LogP contribution in [0.25, 0.3) is 0 Å². The highest BCUT2D eigenvalue weighted by molar-refractivity contribution is 5.85. The van der Waals surface area contributed by atoms with Crippen molar-refractivity contribution in [2.45, 2.75) is 75.3 Å². The van der Waals surface area contributed by atoms with Crippen molar-refractivity contribution >= 4 is 30.7 Å². The van der Waals surface area contributed by atoms with Crippen molar-refractivity contribution in [3.8, 4) is 5.75 Å². The highest BCUT2D eigenvalue weighted by Gasteiger charge is 2.76. The summed E-state index contributed by atoms with van der Waals surface area (Å²) in [4.78, 5) is 19.1. The lowest BCUT2D eigenvalue weighted by atomic mass is 9.43. The number of phenols is 1. The summed E-state index contributed by atoms with van der Waals surface area (Å²) in [6.45, 7) is 5.47. The zero-order valence-corrected chi connectivity index (χ0v) is 22.8. The van der Waals surface area contributed by atoms with Crippen LogP contribution in [0.5, 0.6) is 5.75 Å². The molecule has 3 saturated carbocycles. The van der Waals surface area contributed by atoms with Gasteiger partial charge in [0.2, 0.25) is 5.91 Å². The second kappa shape index (κ2) is 8.76. The molecule has 0 aromatic heterocycles. The quantitative estimate of drug-likeness (QED) is 0.612. The average molecular weight is 535 g/mol. The number of carbonyl (C=O) groups is 1. The molecule has 0 spiro atoms. The van der Waals surface area contributed by atoms with Crippen LogP contribution < -0.4 is 5.32 Å². The zero-order valence-electron chi connectivity index (χ0n) is 21.2. The third kappa shape index (κ3) is 3.18. The van der Waals surface area contributed by atoms with E-state index in [0.29, 0.717) is 41.0 Å². The Balaban J connectivity index is 0.00000120. The van der Waals surface area contributed by atoms with E-state index in [-0.39, 0.29) is 36.1 Å².